The average molecular weight is 502 g/mol. The van der Waals surface area contributed by atoms with E-state index in [1.54, 1.807) is 17.0 Å². The number of ether oxygens (including phenoxy) is 2. The molecule has 180 valence electrons. The number of hydrogen-bond donors (Lipinski definition) is 1. The second-order valence-electron chi connectivity index (χ2n) is 8.66. The van der Waals surface area contributed by atoms with Crippen molar-refractivity contribution in [3.8, 4) is 11.5 Å². The van der Waals surface area contributed by atoms with Crippen molar-refractivity contribution in [1.29, 1.82) is 0 Å². The maximum atomic E-state index is 13.5. The number of carbonyl (C=O) groups excluding carboxylic acids is 1. The van der Waals surface area contributed by atoms with E-state index in [0.29, 0.717) is 30.0 Å². The van der Waals surface area contributed by atoms with Crippen molar-refractivity contribution in [3.63, 3.8) is 0 Å². The highest BCUT2D eigenvalue weighted by Crippen LogP contribution is 2.42. The SMILES string of the molecule is O=C(C=Cc1ccc(Cl)c([N+](=O)[O-])c1)N1CCc2c([nH]c3ccccc23)C1c1ccc2c(c1)OCO2. The van der Waals surface area contributed by atoms with Gasteiger partial charge in [-0.3, -0.25) is 14.9 Å². The van der Waals surface area contributed by atoms with Gasteiger partial charge in [-0.05, 0) is 53.5 Å². The van der Waals surface area contributed by atoms with Crippen LogP contribution in [0.3, 0.4) is 0 Å². The third kappa shape index (κ3) is 3.76. The van der Waals surface area contributed by atoms with Crippen LogP contribution in [0, 0.1) is 10.1 Å². The second-order valence-corrected chi connectivity index (χ2v) is 9.07. The number of fused-ring (bicyclic) bond motifs is 4. The largest absolute Gasteiger partial charge is 0.454 e. The normalized spacial score (nSPS) is 16.5. The number of nitrogens with zero attached hydrogens (tertiary/aromatic N) is 2. The van der Waals surface area contributed by atoms with Crippen molar-refractivity contribution in [2.45, 2.75) is 12.5 Å². The second kappa shape index (κ2) is 8.73. The van der Waals surface area contributed by atoms with Gasteiger partial charge in [-0.1, -0.05) is 41.9 Å². The summed E-state index contributed by atoms with van der Waals surface area (Å²) in [6.45, 7) is 0.678. The Hall–Kier alpha value is -4.30. The number of aromatic amines is 1. The number of nitro groups is 1. The molecule has 0 spiro atoms. The van der Waals surface area contributed by atoms with E-state index >= 15 is 0 Å². The lowest BCUT2D eigenvalue weighted by atomic mass is 9.92. The summed E-state index contributed by atoms with van der Waals surface area (Å²) < 4.78 is 11.1. The van der Waals surface area contributed by atoms with Gasteiger partial charge in [0.25, 0.3) is 5.69 Å². The molecule has 1 unspecified atom stereocenters. The molecule has 0 bridgehead atoms. The van der Waals surface area contributed by atoms with Crippen LogP contribution < -0.4 is 9.47 Å². The number of hydrogen-bond acceptors (Lipinski definition) is 5. The Balaban J connectivity index is 1.39. The first-order valence-electron chi connectivity index (χ1n) is 11.4. The van der Waals surface area contributed by atoms with E-state index < -0.39 is 4.92 Å². The highest BCUT2D eigenvalue weighted by Gasteiger charge is 2.34. The molecule has 0 radical (unpaired) electrons. The summed E-state index contributed by atoms with van der Waals surface area (Å²) in [5, 5.41) is 12.4. The quantitative estimate of drug-likeness (QED) is 0.221. The molecule has 8 nitrogen and oxygen atoms in total. The van der Waals surface area contributed by atoms with Crippen LogP contribution in [0.1, 0.15) is 28.4 Å². The van der Waals surface area contributed by atoms with E-state index in [1.807, 2.05) is 36.4 Å². The fourth-order valence-electron chi connectivity index (χ4n) is 4.94. The number of halogens is 1. The van der Waals surface area contributed by atoms with Crippen molar-refractivity contribution < 1.29 is 19.2 Å². The lowest BCUT2D eigenvalue weighted by Gasteiger charge is -2.35. The molecule has 0 aliphatic carbocycles. The van der Waals surface area contributed by atoms with Gasteiger partial charge < -0.3 is 19.4 Å². The maximum absolute atomic E-state index is 13.5. The molecule has 4 aromatic rings. The van der Waals surface area contributed by atoms with E-state index in [0.717, 1.165) is 22.2 Å². The molecule has 2 aliphatic rings. The number of H-pyrrole nitrogens is 1. The van der Waals surface area contributed by atoms with Crippen molar-refractivity contribution in [2.24, 2.45) is 0 Å². The molecule has 0 saturated heterocycles. The zero-order valence-electron chi connectivity index (χ0n) is 18.9. The molecule has 36 heavy (non-hydrogen) atoms. The van der Waals surface area contributed by atoms with Crippen LogP contribution in [0.2, 0.25) is 5.02 Å². The highest BCUT2D eigenvalue weighted by molar-refractivity contribution is 6.32. The zero-order valence-corrected chi connectivity index (χ0v) is 19.7. The Morgan fingerprint density at radius 2 is 1.94 bits per heavy atom. The number of carbonyl (C=O) groups is 1. The Morgan fingerprint density at radius 3 is 2.81 bits per heavy atom. The number of nitro benzene ring substituents is 1. The monoisotopic (exact) mass is 501 g/mol. The van der Waals surface area contributed by atoms with Crippen LogP contribution in [0.4, 0.5) is 5.69 Å². The van der Waals surface area contributed by atoms with E-state index in [2.05, 4.69) is 11.1 Å². The molecule has 3 heterocycles. The van der Waals surface area contributed by atoms with Crippen LogP contribution in [0.15, 0.2) is 66.7 Å². The molecule has 1 atom stereocenters. The summed E-state index contributed by atoms with van der Waals surface area (Å²) in [6, 6.07) is 17.9. The number of benzene rings is 3. The number of rotatable bonds is 4. The molecule has 0 fully saturated rings. The number of aromatic nitrogens is 1. The van der Waals surface area contributed by atoms with Gasteiger partial charge in [-0.15, -0.1) is 0 Å². The van der Waals surface area contributed by atoms with Crippen LogP contribution in [-0.4, -0.2) is 34.1 Å². The molecule has 1 N–H and O–H groups in total. The van der Waals surface area contributed by atoms with Gasteiger partial charge in [0.05, 0.1) is 11.0 Å². The summed E-state index contributed by atoms with van der Waals surface area (Å²) in [7, 11) is 0. The first-order chi connectivity index (χ1) is 17.5. The van der Waals surface area contributed by atoms with Crippen molar-refractivity contribution >= 4 is 40.2 Å². The topological polar surface area (TPSA) is 97.7 Å². The molecule has 6 rings (SSSR count). The summed E-state index contributed by atoms with van der Waals surface area (Å²) in [5.74, 6) is 1.11. The summed E-state index contributed by atoms with van der Waals surface area (Å²) >= 11 is 5.92. The van der Waals surface area contributed by atoms with Crippen molar-refractivity contribution in [3.05, 3.63) is 104 Å². The molecule has 1 aromatic heterocycles. The Morgan fingerprint density at radius 1 is 1.11 bits per heavy atom. The first kappa shape index (κ1) is 22.2. The van der Waals surface area contributed by atoms with E-state index in [9.17, 15) is 14.9 Å². The van der Waals surface area contributed by atoms with Gasteiger partial charge in [-0.25, -0.2) is 0 Å². The molecule has 2 aliphatic heterocycles. The first-order valence-corrected chi connectivity index (χ1v) is 11.8. The van der Waals surface area contributed by atoms with Crippen LogP contribution in [0.5, 0.6) is 11.5 Å². The Kier molecular flexibility index (Phi) is 5.38. The van der Waals surface area contributed by atoms with Crippen molar-refractivity contribution in [2.75, 3.05) is 13.3 Å². The molecular weight excluding hydrogens is 482 g/mol. The van der Waals surface area contributed by atoms with Gasteiger partial charge in [-0.2, -0.15) is 0 Å². The van der Waals surface area contributed by atoms with E-state index in [4.69, 9.17) is 21.1 Å². The molecule has 0 saturated carbocycles. The Bertz CT molecular complexity index is 1560. The van der Waals surface area contributed by atoms with Crippen molar-refractivity contribution in [1.82, 2.24) is 9.88 Å². The minimum atomic E-state index is -0.542. The summed E-state index contributed by atoms with van der Waals surface area (Å²) in [4.78, 5) is 29.5. The number of nitrogens with one attached hydrogen (secondary N) is 1. The predicted octanol–water partition coefficient (Wildman–Crippen LogP) is 5.65. The molecule has 9 heteroatoms. The number of para-hydroxylation sites is 1. The maximum Gasteiger partial charge on any atom is 0.288 e. The third-order valence-electron chi connectivity index (χ3n) is 6.62. The fourth-order valence-corrected chi connectivity index (χ4v) is 5.13. The lowest BCUT2D eigenvalue weighted by molar-refractivity contribution is -0.384. The standard InChI is InChI=1S/C27H20ClN3O5/c28-20-8-5-16(13-22(20)31(33)34)6-10-25(32)30-12-11-19-18-3-1-2-4-21(18)29-26(19)27(30)17-7-9-23-24(14-17)36-15-35-23/h1-10,13-14,27,29H,11-12,15H2. The van der Waals surface area contributed by atoms with Gasteiger partial charge in [0, 0.05) is 35.3 Å². The zero-order chi connectivity index (χ0) is 24.8. The van der Waals surface area contributed by atoms with E-state index in [1.165, 1.54) is 23.8 Å². The minimum absolute atomic E-state index is 0.0497. The highest BCUT2D eigenvalue weighted by atomic mass is 35.5. The van der Waals surface area contributed by atoms with Gasteiger partial charge >= 0.3 is 0 Å². The van der Waals surface area contributed by atoms with Crippen LogP contribution >= 0.6 is 11.6 Å². The summed E-state index contributed by atoms with van der Waals surface area (Å²) in [5.41, 5.74) is 4.38. The van der Waals surface area contributed by atoms with Gasteiger partial charge in [0.1, 0.15) is 5.02 Å². The van der Waals surface area contributed by atoms with Gasteiger partial charge in [0.2, 0.25) is 12.7 Å². The molecule has 3 aromatic carbocycles. The lowest BCUT2D eigenvalue weighted by Crippen LogP contribution is -2.39. The molecule has 1 amide bonds. The number of amides is 1. The predicted molar refractivity (Wildman–Crippen MR) is 135 cm³/mol. The minimum Gasteiger partial charge on any atom is -0.454 e. The van der Waals surface area contributed by atoms with Gasteiger partial charge in [0.15, 0.2) is 11.5 Å². The molecular formula is C27H20ClN3O5. The smallest absolute Gasteiger partial charge is 0.288 e. The van der Waals surface area contributed by atoms with Crippen LogP contribution in [-0.2, 0) is 11.2 Å². The fraction of sp³-hybridized carbons (Fsp3) is 0.148. The third-order valence-corrected chi connectivity index (χ3v) is 6.93. The Labute approximate surface area is 210 Å². The average Bonchev–Trinajstić information content (AvgIpc) is 3.51. The van der Waals surface area contributed by atoms with E-state index in [-0.39, 0.29) is 29.5 Å². The van der Waals surface area contributed by atoms with Crippen LogP contribution in [0.25, 0.3) is 17.0 Å². The summed E-state index contributed by atoms with van der Waals surface area (Å²) in [6.07, 6.45) is 3.72.